The lowest BCUT2D eigenvalue weighted by atomic mass is 10.4. The Balaban J connectivity index is 3.53. The Bertz CT molecular complexity index is 112. The van der Waals surface area contributed by atoms with Crippen molar-refractivity contribution in [3.63, 3.8) is 0 Å². The van der Waals surface area contributed by atoms with E-state index in [2.05, 4.69) is 0 Å². The summed E-state index contributed by atoms with van der Waals surface area (Å²) in [5.74, 6) is 0. The van der Waals surface area contributed by atoms with Gasteiger partial charge in [-0.1, -0.05) is 58.6 Å². The number of halogens is 4. The van der Waals surface area contributed by atoms with Gasteiger partial charge in [0.1, 0.15) is 8.98 Å². The van der Waals surface area contributed by atoms with Crippen LogP contribution < -0.4 is 0 Å². The first kappa shape index (κ1) is 9.64. The van der Waals surface area contributed by atoms with Crippen molar-refractivity contribution in [3.8, 4) is 0 Å². The highest BCUT2D eigenvalue weighted by Crippen LogP contribution is 2.11. The van der Waals surface area contributed by atoms with Gasteiger partial charge in [-0.3, -0.25) is 0 Å². The van der Waals surface area contributed by atoms with Crippen LogP contribution in [0.1, 0.15) is 6.42 Å². The van der Waals surface area contributed by atoms with E-state index in [1.165, 1.54) is 0 Å². The lowest BCUT2D eigenvalue weighted by Gasteiger charge is -1.81. The van der Waals surface area contributed by atoms with Gasteiger partial charge in [0.15, 0.2) is 0 Å². The van der Waals surface area contributed by atoms with E-state index < -0.39 is 0 Å². The Morgan fingerprint density at radius 1 is 0.889 bits per heavy atom. The zero-order valence-electron chi connectivity index (χ0n) is 4.37. The molecule has 0 bridgehead atoms. The Morgan fingerprint density at radius 3 is 1.44 bits per heavy atom. The summed E-state index contributed by atoms with van der Waals surface area (Å²) in [5, 5.41) is 0. The van der Waals surface area contributed by atoms with Crippen molar-refractivity contribution in [1.29, 1.82) is 0 Å². The van der Waals surface area contributed by atoms with Crippen LogP contribution in [-0.4, -0.2) is 0 Å². The summed E-state index contributed by atoms with van der Waals surface area (Å²) in [7, 11) is 0. The Labute approximate surface area is 74.0 Å². The van der Waals surface area contributed by atoms with E-state index in [1.54, 1.807) is 12.2 Å². The normalized spacial score (nSPS) is 8.44. The van der Waals surface area contributed by atoms with Gasteiger partial charge in [0.2, 0.25) is 0 Å². The maximum Gasteiger partial charge on any atom is 0.103 e. The first-order chi connectivity index (χ1) is 4.13. The van der Waals surface area contributed by atoms with Gasteiger partial charge in [-0.05, 0) is 6.42 Å². The van der Waals surface area contributed by atoms with Crippen molar-refractivity contribution in [3.05, 3.63) is 21.1 Å². The van der Waals surface area contributed by atoms with Crippen molar-refractivity contribution in [2.45, 2.75) is 6.42 Å². The molecule has 9 heavy (non-hydrogen) atoms. The minimum absolute atomic E-state index is 0.223. The molecule has 0 saturated carbocycles. The van der Waals surface area contributed by atoms with Gasteiger partial charge in [-0.15, -0.1) is 0 Å². The third-order valence-corrected chi connectivity index (χ3v) is 1.16. The predicted octanol–water partition coefficient (Wildman–Crippen LogP) is 4.01. The third kappa shape index (κ3) is 8.64. The molecule has 0 saturated heterocycles. The number of hydrogen-bond acceptors (Lipinski definition) is 0. The molecule has 0 N–H and O–H groups in total. The van der Waals surface area contributed by atoms with Crippen molar-refractivity contribution in [2.75, 3.05) is 0 Å². The van der Waals surface area contributed by atoms with E-state index in [1.807, 2.05) is 0 Å². The molecule has 0 aliphatic rings. The molecule has 4 heteroatoms. The maximum absolute atomic E-state index is 5.27. The lowest BCUT2D eigenvalue weighted by Crippen LogP contribution is -1.58. The van der Waals surface area contributed by atoms with Crippen molar-refractivity contribution in [1.82, 2.24) is 0 Å². The van der Waals surface area contributed by atoms with Crippen LogP contribution in [0.5, 0.6) is 0 Å². The summed E-state index contributed by atoms with van der Waals surface area (Å²) in [6.07, 6.45) is 3.74. The van der Waals surface area contributed by atoms with Crippen LogP contribution in [0, 0.1) is 0 Å². The van der Waals surface area contributed by atoms with Gasteiger partial charge in [-0.25, -0.2) is 0 Å². The Kier molecular flexibility index (Phi) is 5.81. The average Bonchev–Trinajstić information content (AvgIpc) is 1.63. The Hall–Kier alpha value is 0.640. The monoisotopic (exact) mass is 204 g/mol. The van der Waals surface area contributed by atoms with Crippen LogP contribution in [0.15, 0.2) is 21.1 Å². The van der Waals surface area contributed by atoms with Crippen LogP contribution in [0.2, 0.25) is 0 Å². The standard InChI is InChI=1S/C5H4Cl4/c6-4(7)2-1-3-5(8)9/h2-3H,1H2. The zero-order chi connectivity index (χ0) is 7.28. The predicted molar refractivity (Wildman–Crippen MR) is 44.2 cm³/mol. The minimum Gasteiger partial charge on any atom is -0.0712 e. The lowest BCUT2D eigenvalue weighted by molar-refractivity contribution is 1.40. The molecule has 0 spiro atoms. The summed E-state index contributed by atoms with van der Waals surface area (Å²) < 4.78 is 0.446. The summed E-state index contributed by atoms with van der Waals surface area (Å²) in [6, 6.07) is 0. The van der Waals surface area contributed by atoms with E-state index >= 15 is 0 Å². The second-order valence-corrected chi connectivity index (χ2v) is 3.24. The molecule has 0 nitrogen and oxygen atoms in total. The first-order valence-corrected chi connectivity index (χ1v) is 3.66. The molecule has 0 aromatic carbocycles. The SMILES string of the molecule is ClC(Cl)=CCC=C(Cl)Cl. The summed E-state index contributed by atoms with van der Waals surface area (Å²) in [5.41, 5.74) is 0. The fraction of sp³-hybridized carbons (Fsp3) is 0.200. The van der Waals surface area contributed by atoms with Gasteiger partial charge in [0.25, 0.3) is 0 Å². The molecule has 0 fully saturated rings. The summed E-state index contributed by atoms with van der Waals surface area (Å²) in [4.78, 5) is 0. The topological polar surface area (TPSA) is 0 Å². The van der Waals surface area contributed by atoms with Crippen LogP contribution in [0.25, 0.3) is 0 Å². The molecule has 0 amide bonds. The average molecular weight is 206 g/mol. The highest BCUT2D eigenvalue weighted by Gasteiger charge is 1.82. The van der Waals surface area contributed by atoms with E-state index in [9.17, 15) is 0 Å². The van der Waals surface area contributed by atoms with Gasteiger partial charge in [0, 0.05) is 0 Å². The van der Waals surface area contributed by atoms with E-state index in [0.717, 1.165) is 0 Å². The number of hydrogen-bond donors (Lipinski definition) is 0. The molecule has 0 aliphatic carbocycles. The summed E-state index contributed by atoms with van der Waals surface area (Å²) in [6.45, 7) is 0. The molecule has 0 aromatic heterocycles. The van der Waals surface area contributed by atoms with Crippen LogP contribution in [-0.2, 0) is 0 Å². The maximum atomic E-state index is 5.27. The van der Waals surface area contributed by atoms with Crippen LogP contribution in [0.4, 0.5) is 0 Å². The van der Waals surface area contributed by atoms with E-state index in [4.69, 9.17) is 46.4 Å². The van der Waals surface area contributed by atoms with E-state index in [0.29, 0.717) is 6.42 Å². The van der Waals surface area contributed by atoms with Gasteiger partial charge in [0.05, 0.1) is 0 Å². The molecule has 0 aromatic rings. The fourth-order valence-corrected chi connectivity index (χ4v) is 0.593. The highest BCUT2D eigenvalue weighted by atomic mass is 35.5. The van der Waals surface area contributed by atoms with E-state index in [-0.39, 0.29) is 8.98 Å². The van der Waals surface area contributed by atoms with Crippen molar-refractivity contribution >= 4 is 46.4 Å². The second kappa shape index (κ2) is 5.43. The highest BCUT2D eigenvalue weighted by molar-refractivity contribution is 6.56. The molecule has 0 heterocycles. The van der Waals surface area contributed by atoms with Crippen LogP contribution >= 0.6 is 46.4 Å². The first-order valence-electron chi connectivity index (χ1n) is 2.15. The quantitative estimate of drug-likeness (QED) is 0.639. The molecule has 0 aliphatic heterocycles. The molecule has 52 valence electrons. The number of rotatable bonds is 2. The Morgan fingerprint density at radius 2 is 1.22 bits per heavy atom. The molecule has 0 unspecified atom stereocenters. The van der Waals surface area contributed by atoms with Crippen molar-refractivity contribution < 1.29 is 0 Å². The van der Waals surface area contributed by atoms with Gasteiger partial charge in [-0.2, -0.15) is 0 Å². The third-order valence-electron chi connectivity index (χ3n) is 0.544. The minimum atomic E-state index is 0.223. The van der Waals surface area contributed by atoms with Crippen molar-refractivity contribution in [2.24, 2.45) is 0 Å². The fourth-order valence-electron chi connectivity index (χ4n) is 0.237. The van der Waals surface area contributed by atoms with Crippen LogP contribution in [0.3, 0.4) is 0 Å². The molecule has 0 atom stereocenters. The molecule has 0 radical (unpaired) electrons. The zero-order valence-corrected chi connectivity index (χ0v) is 7.40. The van der Waals surface area contributed by atoms with Gasteiger partial charge >= 0.3 is 0 Å². The summed E-state index contributed by atoms with van der Waals surface area (Å²) >= 11 is 21.1. The second-order valence-electron chi connectivity index (χ2n) is 1.22. The molecular weight excluding hydrogens is 202 g/mol. The molecule has 0 rings (SSSR count). The number of allylic oxidation sites excluding steroid dienone is 2. The molecular formula is C5H4Cl4. The largest absolute Gasteiger partial charge is 0.103 e. The van der Waals surface area contributed by atoms with Gasteiger partial charge < -0.3 is 0 Å². The smallest absolute Gasteiger partial charge is 0.0712 e.